The summed E-state index contributed by atoms with van der Waals surface area (Å²) in [6.45, 7) is 0. The molecule has 2 aromatic heterocycles. The van der Waals surface area contributed by atoms with E-state index in [2.05, 4.69) is 15.3 Å². The molecule has 0 unspecified atom stereocenters. The average Bonchev–Trinajstić information content (AvgIpc) is 2.46. The Balaban J connectivity index is 2.69. The van der Waals surface area contributed by atoms with Crippen LogP contribution in [0.1, 0.15) is 0 Å². The van der Waals surface area contributed by atoms with Crippen molar-refractivity contribution in [2.24, 2.45) is 0 Å². The van der Waals surface area contributed by atoms with Gasteiger partial charge in [-0.2, -0.15) is 0 Å². The number of hydrogen-bond donors (Lipinski definition) is 1. The topological polar surface area (TPSA) is 37.8 Å². The molecule has 0 aromatic carbocycles. The van der Waals surface area contributed by atoms with Crippen LogP contribution >= 0.6 is 11.3 Å². The third-order valence-electron chi connectivity index (χ3n) is 1.44. The Hall–Kier alpha value is -1.16. The standard InChI is InChI=1S/C7H7N3S/c1-8-6-2-5-3-9-4-10-7(5)11-6/h2-4,8H,1H3. The third kappa shape index (κ3) is 1.05. The van der Waals surface area contributed by atoms with Crippen molar-refractivity contribution >= 4 is 26.6 Å². The number of anilines is 1. The van der Waals surface area contributed by atoms with Crippen molar-refractivity contribution in [3.8, 4) is 0 Å². The van der Waals surface area contributed by atoms with E-state index in [0.717, 1.165) is 15.2 Å². The molecule has 0 amide bonds. The zero-order chi connectivity index (χ0) is 7.68. The largest absolute Gasteiger partial charge is 0.380 e. The van der Waals surface area contributed by atoms with Crippen molar-refractivity contribution in [2.75, 3.05) is 12.4 Å². The number of hydrogen-bond acceptors (Lipinski definition) is 4. The first-order chi connectivity index (χ1) is 5.40. The molecule has 3 nitrogen and oxygen atoms in total. The monoisotopic (exact) mass is 165 g/mol. The van der Waals surface area contributed by atoms with Crippen LogP contribution in [0.15, 0.2) is 18.6 Å². The zero-order valence-corrected chi connectivity index (χ0v) is 6.85. The van der Waals surface area contributed by atoms with Crippen LogP contribution in [0.3, 0.4) is 0 Å². The highest BCUT2D eigenvalue weighted by Gasteiger charge is 1.98. The Labute approximate surface area is 68.1 Å². The maximum Gasteiger partial charge on any atom is 0.128 e. The van der Waals surface area contributed by atoms with E-state index in [-0.39, 0.29) is 0 Å². The highest BCUT2D eigenvalue weighted by Crippen LogP contribution is 2.26. The highest BCUT2D eigenvalue weighted by atomic mass is 32.1. The summed E-state index contributed by atoms with van der Waals surface area (Å²) in [5, 5.41) is 5.29. The summed E-state index contributed by atoms with van der Waals surface area (Å²) in [6, 6.07) is 2.04. The van der Waals surface area contributed by atoms with Crippen LogP contribution in [-0.2, 0) is 0 Å². The molecule has 56 valence electrons. The molecule has 0 bridgehead atoms. The van der Waals surface area contributed by atoms with Crippen molar-refractivity contribution in [3.63, 3.8) is 0 Å². The van der Waals surface area contributed by atoms with E-state index >= 15 is 0 Å². The normalized spacial score (nSPS) is 10.3. The van der Waals surface area contributed by atoms with E-state index in [0.29, 0.717) is 0 Å². The molecular weight excluding hydrogens is 158 g/mol. The average molecular weight is 165 g/mol. The molecule has 0 aliphatic rings. The van der Waals surface area contributed by atoms with Gasteiger partial charge in [-0.15, -0.1) is 0 Å². The lowest BCUT2D eigenvalue weighted by Crippen LogP contribution is -1.79. The fourth-order valence-corrected chi connectivity index (χ4v) is 1.74. The van der Waals surface area contributed by atoms with E-state index in [1.54, 1.807) is 17.7 Å². The summed E-state index contributed by atoms with van der Waals surface area (Å²) >= 11 is 1.64. The second-order valence-electron chi connectivity index (χ2n) is 2.14. The minimum atomic E-state index is 1.03. The molecule has 0 radical (unpaired) electrons. The van der Waals surface area contributed by atoms with Crippen molar-refractivity contribution in [2.45, 2.75) is 0 Å². The van der Waals surface area contributed by atoms with Gasteiger partial charge in [0.05, 0.1) is 5.00 Å². The molecule has 2 aromatic rings. The summed E-state index contributed by atoms with van der Waals surface area (Å²) in [4.78, 5) is 9.08. The van der Waals surface area contributed by atoms with Crippen molar-refractivity contribution in [1.29, 1.82) is 0 Å². The van der Waals surface area contributed by atoms with Gasteiger partial charge in [-0.05, 0) is 6.07 Å². The molecule has 0 aliphatic heterocycles. The van der Waals surface area contributed by atoms with E-state index in [1.807, 2.05) is 19.3 Å². The molecule has 0 atom stereocenters. The third-order valence-corrected chi connectivity index (χ3v) is 2.52. The lowest BCUT2D eigenvalue weighted by Gasteiger charge is -1.86. The summed E-state index contributed by atoms with van der Waals surface area (Å²) < 4.78 is 0. The molecule has 0 aliphatic carbocycles. The van der Waals surface area contributed by atoms with Gasteiger partial charge in [-0.25, -0.2) is 9.97 Å². The number of rotatable bonds is 1. The minimum absolute atomic E-state index is 1.03. The maximum atomic E-state index is 4.12. The van der Waals surface area contributed by atoms with Gasteiger partial charge in [0, 0.05) is 18.6 Å². The highest BCUT2D eigenvalue weighted by molar-refractivity contribution is 7.22. The molecule has 0 saturated carbocycles. The first-order valence-corrected chi connectivity index (χ1v) is 4.09. The predicted molar refractivity (Wildman–Crippen MR) is 47.0 cm³/mol. The Kier molecular flexibility index (Phi) is 1.47. The van der Waals surface area contributed by atoms with Gasteiger partial charge in [0.15, 0.2) is 0 Å². The Morgan fingerprint density at radius 3 is 3.18 bits per heavy atom. The van der Waals surface area contributed by atoms with Gasteiger partial charge in [0.1, 0.15) is 11.2 Å². The Morgan fingerprint density at radius 1 is 1.55 bits per heavy atom. The fourth-order valence-electron chi connectivity index (χ4n) is 0.911. The summed E-state index contributed by atoms with van der Waals surface area (Å²) in [5.41, 5.74) is 0. The Morgan fingerprint density at radius 2 is 2.45 bits per heavy atom. The van der Waals surface area contributed by atoms with Crippen molar-refractivity contribution in [1.82, 2.24) is 9.97 Å². The van der Waals surface area contributed by atoms with Crippen LogP contribution in [0, 0.1) is 0 Å². The SMILES string of the molecule is CNc1cc2cncnc2s1. The maximum absolute atomic E-state index is 4.12. The smallest absolute Gasteiger partial charge is 0.128 e. The summed E-state index contributed by atoms with van der Waals surface area (Å²) in [5.74, 6) is 0. The lowest BCUT2D eigenvalue weighted by atomic mass is 10.4. The van der Waals surface area contributed by atoms with E-state index in [4.69, 9.17) is 0 Å². The number of thiophene rings is 1. The van der Waals surface area contributed by atoms with Crippen LogP contribution in [0.5, 0.6) is 0 Å². The molecule has 11 heavy (non-hydrogen) atoms. The van der Waals surface area contributed by atoms with Crippen LogP contribution in [0.25, 0.3) is 10.2 Å². The van der Waals surface area contributed by atoms with Crippen molar-refractivity contribution in [3.05, 3.63) is 18.6 Å². The van der Waals surface area contributed by atoms with Gasteiger partial charge in [0.2, 0.25) is 0 Å². The van der Waals surface area contributed by atoms with Crippen molar-refractivity contribution < 1.29 is 0 Å². The first-order valence-electron chi connectivity index (χ1n) is 3.27. The van der Waals surface area contributed by atoms with Gasteiger partial charge in [0.25, 0.3) is 0 Å². The molecule has 2 rings (SSSR count). The number of aromatic nitrogens is 2. The Bertz CT molecular complexity index is 335. The summed E-state index contributed by atoms with van der Waals surface area (Å²) in [6.07, 6.45) is 3.39. The predicted octanol–water partition coefficient (Wildman–Crippen LogP) is 1.73. The zero-order valence-electron chi connectivity index (χ0n) is 6.03. The van der Waals surface area contributed by atoms with Gasteiger partial charge in [-0.1, -0.05) is 11.3 Å². The molecule has 2 heterocycles. The van der Waals surface area contributed by atoms with E-state index < -0.39 is 0 Å². The van der Waals surface area contributed by atoms with Crippen LogP contribution in [0.2, 0.25) is 0 Å². The molecule has 0 spiro atoms. The number of nitrogens with zero attached hydrogens (tertiary/aromatic N) is 2. The van der Waals surface area contributed by atoms with Crippen LogP contribution < -0.4 is 5.32 Å². The molecule has 1 N–H and O–H groups in total. The number of nitrogens with one attached hydrogen (secondary N) is 1. The molecule has 0 fully saturated rings. The first kappa shape index (κ1) is 6.54. The second kappa shape index (κ2) is 2.47. The van der Waals surface area contributed by atoms with Crippen LogP contribution in [-0.4, -0.2) is 17.0 Å². The fraction of sp³-hybridized carbons (Fsp3) is 0.143. The minimum Gasteiger partial charge on any atom is -0.380 e. The number of fused-ring (bicyclic) bond motifs is 1. The van der Waals surface area contributed by atoms with Gasteiger partial charge < -0.3 is 5.32 Å². The second-order valence-corrected chi connectivity index (χ2v) is 3.17. The van der Waals surface area contributed by atoms with Crippen LogP contribution in [0.4, 0.5) is 5.00 Å². The van der Waals surface area contributed by atoms with E-state index in [9.17, 15) is 0 Å². The molecule has 4 heteroatoms. The summed E-state index contributed by atoms with van der Waals surface area (Å²) in [7, 11) is 1.90. The molecule has 0 saturated heterocycles. The van der Waals surface area contributed by atoms with E-state index in [1.165, 1.54) is 0 Å². The molecular formula is C7H7N3S. The van der Waals surface area contributed by atoms with Gasteiger partial charge in [-0.3, -0.25) is 0 Å². The lowest BCUT2D eigenvalue weighted by molar-refractivity contribution is 1.23. The van der Waals surface area contributed by atoms with Gasteiger partial charge >= 0.3 is 0 Å². The quantitative estimate of drug-likeness (QED) is 0.699.